The predicted octanol–water partition coefficient (Wildman–Crippen LogP) is 2.04. The number of fused-ring (bicyclic) bond motifs is 1. The fraction of sp³-hybridized carbons (Fsp3) is 0.400. The minimum absolute atomic E-state index is 0.797. The van der Waals surface area contributed by atoms with Crippen LogP contribution < -0.4 is 5.73 Å². The molecule has 0 amide bonds. The number of nitrogen functional groups attached to an aromatic ring is 1. The number of pyridine rings is 1. The van der Waals surface area contributed by atoms with E-state index < -0.39 is 0 Å². The molecule has 1 aliphatic rings. The molecule has 0 saturated carbocycles. The first-order chi connectivity index (χ1) is 9.34. The topological polar surface area (TPSA) is 51.4 Å². The highest BCUT2D eigenvalue weighted by molar-refractivity contribution is 5.92. The van der Waals surface area contributed by atoms with Crippen LogP contribution in [0.25, 0.3) is 10.9 Å². The van der Waals surface area contributed by atoms with Crippen LogP contribution in [0, 0.1) is 0 Å². The lowest BCUT2D eigenvalue weighted by Gasteiger charge is -2.20. The van der Waals surface area contributed by atoms with Gasteiger partial charge >= 0.3 is 0 Å². The average molecular weight is 257 g/mol. The molecule has 0 aliphatic carbocycles. The first-order valence-electron chi connectivity index (χ1n) is 6.77. The summed E-state index contributed by atoms with van der Waals surface area (Å²) in [6, 6.07) is 8.04. The van der Waals surface area contributed by atoms with E-state index in [4.69, 9.17) is 10.5 Å². The number of benzene rings is 1. The third kappa shape index (κ3) is 2.69. The Hall–Kier alpha value is -1.65. The Balaban J connectivity index is 1.90. The lowest BCUT2D eigenvalue weighted by Crippen LogP contribution is -2.26. The quantitative estimate of drug-likeness (QED) is 0.836. The molecule has 0 atom stereocenters. The van der Waals surface area contributed by atoms with Gasteiger partial charge in [0.2, 0.25) is 0 Å². The third-order valence-electron chi connectivity index (χ3n) is 3.60. The van der Waals surface area contributed by atoms with Gasteiger partial charge in [0.15, 0.2) is 0 Å². The van der Waals surface area contributed by atoms with Gasteiger partial charge in [-0.3, -0.25) is 9.88 Å². The lowest BCUT2D eigenvalue weighted by molar-refractivity contribution is 0.140. The Bertz CT molecular complexity index is 562. The smallest absolute Gasteiger partial charge is 0.0767 e. The Morgan fingerprint density at radius 2 is 2.16 bits per heavy atom. The van der Waals surface area contributed by atoms with Gasteiger partial charge in [0.25, 0.3) is 0 Å². The fourth-order valence-electron chi connectivity index (χ4n) is 2.58. The highest BCUT2D eigenvalue weighted by Crippen LogP contribution is 2.23. The maximum absolute atomic E-state index is 6.01. The molecule has 1 aromatic heterocycles. The Morgan fingerprint density at radius 3 is 3.11 bits per heavy atom. The monoisotopic (exact) mass is 257 g/mol. The van der Waals surface area contributed by atoms with Crippen molar-refractivity contribution >= 4 is 16.6 Å². The number of hydrogen-bond donors (Lipinski definition) is 1. The van der Waals surface area contributed by atoms with Crippen LogP contribution >= 0.6 is 0 Å². The Labute approximate surface area is 113 Å². The molecule has 0 unspecified atom stereocenters. The molecule has 3 rings (SSSR count). The van der Waals surface area contributed by atoms with E-state index in [1.807, 2.05) is 24.4 Å². The molecule has 0 radical (unpaired) electrons. The average Bonchev–Trinajstić information content (AvgIpc) is 2.71. The van der Waals surface area contributed by atoms with Crippen molar-refractivity contribution in [2.45, 2.75) is 13.0 Å². The van der Waals surface area contributed by atoms with Crippen molar-refractivity contribution < 1.29 is 4.74 Å². The Kier molecular flexibility index (Phi) is 3.62. The van der Waals surface area contributed by atoms with Gasteiger partial charge in [-0.05, 0) is 30.2 Å². The number of rotatable bonds is 2. The van der Waals surface area contributed by atoms with E-state index in [0.717, 1.165) is 55.9 Å². The number of nitrogens with zero attached hydrogens (tertiary/aromatic N) is 2. The van der Waals surface area contributed by atoms with E-state index in [0.29, 0.717) is 0 Å². The van der Waals surface area contributed by atoms with E-state index in [-0.39, 0.29) is 0 Å². The van der Waals surface area contributed by atoms with Crippen molar-refractivity contribution in [3.63, 3.8) is 0 Å². The van der Waals surface area contributed by atoms with Gasteiger partial charge < -0.3 is 10.5 Å². The lowest BCUT2D eigenvalue weighted by atomic mass is 10.1. The van der Waals surface area contributed by atoms with Crippen molar-refractivity contribution in [2.24, 2.45) is 0 Å². The molecule has 2 aromatic rings. The fourth-order valence-corrected chi connectivity index (χ4v) is 2.58. The van der Waals surface area contributed by atoms with Crippen LogP contribution in [0.4, 0.5) is 5.69 Å². The maximum atomic E-state index is 6.01. The maximum Gasteiger partial charge on any atom is 0.0767 e. The Morgan fingerprint density at radius 1 is 1.21 bits per heavy atom. The summed E-state index contributed by atoms with van der Waals surface area (Å²) >= 11 is 0. The molecule has 4 nitrogen and oxygen atoms in total. The predicted molar refractivity (Wildman–Crippen MR) is 76.9 cm³/mol. The van der Waals surface area contributed by atoms with Gasteiger partial charge in [-0.1, -0.05) is 6.07 Å². The molecule has 1 aromatic carbocycles. The standard InChI is InChI=1S/C15H19N3O/c16-14-5-4-12(15-13(14)3-1-6-17-15)11-18-7-2-9-19-10-8-18/h1,3-6H,2,7-11,16H2. The second-order valence-electron chi connectivity index (χ2n) is 4.96. The number of aromatic nitrogens is 1. The summed E-state index contributed by atoms with van der Waals surface area (Å²) in [4.78, 5) is 6.92. The zero-order chi connectivity index (χ0) is 13.1. The first kappa shape index (κ1) is 12.4. The number of ether oxygens (including phenoxy) is 1. The van der Waals surface area contributed by atoms with Crippen LogP contribution in [-0.4, -0.2) is 36.2 Å². The molecule has 1 aliphatic heterocycles. The second kappa shape index (κ2) is 5.55. The van der Waals surface area contributed by atoms with E-state index in [9.17, 15) is 0 Å². The van der Waals surface area contributed by atoms with Crippen molar-refractivity contribution in [1.29, 1.82) is 0 Å². The van der Waals surface area contributed by atoms with Crippen molar-refractivity contribution in [1.82, 2.24) is 9.88 Å². The normalized spacial score (nSPS) is 17.5. The molecule has 100 valence electrons. The van der Waals surface area contributed by atoms with Gasteiger partial charge in [-0.2, -0.15) is 0 Å². The zero-order valence-electron chi connectivity index (χ0n) is 11.0. The van der Waals surface area contributed by atoms with Crippen LogP contribution in [-0.2, 0) is 11.3 Å². The van der Waals surface area contributed by atoms with Crippen molar-refractivity contribution in [3.05, 3.63) is 36.0 Å². The van der Waals surface area contributed by atoms with Gasteiger partial charge in [0.05, 0.1) is 12.1 Å². The molecule has 0 bridgehead atoms. The summed E-state index contributed by atoms with van der Waals surface area (Å²) < 4.78 is 5.49. The summed E-state index contributed by atoms with van der Waals surface area (Å²) in [7, 11) is 0. The van der Waals surface area contributed by atoms with E-state index in [1.54, 1.807) is 0 Å². The molecular weight excluding hydrogens is 238 g/mol. The van der Waals surface area contributed by atoms with Gasteiger partial charge in [-0.25, -0.2) is 0 Å². The van der Waals surface area contributed by atoms with Crippen LogP contribution in [0.5, 0.6) is 0 Å². The van der Waals surface area contributed by atoms with Gasteiger partial charge in [0.1, 0.15) is 0 Å². The van der Waals surface area contributed by atoms with Crippen molar-refractivity contribution in [2.75, 3.05) is 32.0 Å². The van der Waals surface area contributed by atoms with E-state index in [2.05, 4.69) is 16.0 Å². The van der Waals surface area contributed by atoms with Crippen LogP contribution in [0.3, 0.4) is 0 Å². The molecule has 0 spiro atoms. The molecule has 2 N–H and O–H groups in total. The van der Waals surface area contributed by atoms with Gasteiger partial charge in [-0.15, -0.1) is 0 Å². The SMILES string of the molecule is Nc1ccc(CN2CCCOCC2)c2ncccc12. The zero-order valence-corrected chi connectivity index (χ0v) is 11.0. The molecule has 2 heterocycles. The largest absolute Gasteiger partial charge is 0.398 e. The summed E-state index contributed by atoms with van der Waals surface area (Å²) in [5.74, 6) is 0. The first-order valence-corrected chi connectivity index (χ1v) is 6.77. The number of nitrogens with two attached hydrogens (primary N) is 1. The van der Waals surface area contributed by atoms with E-state index in [1.165, 1.54) is 5.56 Å². The molecule has 1 fully saturated rings. The minimum atomic E-state index is 0.797. The molecule has 19 heavy (non-hydrogen) atoms. The van der Waals surface area contributed by atoms with E-state index >= 15 is 0 Å². The molecular formula is C15H19N3O. The summed E-state index contributed by atoms with van der Waals surface area (Å²) in [6.45, 7) is 4.67. The second-order valence-corrected chi connectivity index (χ2v) is 4.96. The third-order valence-corrected chi connectivity index (χ3v) is 3.60. The number of anilines is 1. The highest BCUT2D eigenvalue weighted by Gasteiger charge is 2.12. The van der Waals surface area contributed by atoms with Crippen LogP contribution in [0.2, 0.25) is 0 Å². The summed E-state index contributed by atoms with van der Waals surface area (Å²) in [6.07, 6.45) is 2.93. The number of hydrogen-bond acceptors (Lipinski definition) is 4. The highest BCUT2D eigenvalue weighted by atomic mass is 16.5. The molecule has 4 heteroatoms. The van der Waals surface area contributed by atoms with Gasteiger partial charge in [0, 0.05) is 43.5 Å². The minimum Gasteiger partial charge on any atom is -0.398 e. The van der Waals surface area contributed by atoms with Crippen LogP contribution in [0.15, 0.2) is 30.5 Å². The summed E-state index contributed by atoms with van der Waals surface area (Å²) in [5.41, 5.74) is 9.07. The molecule has 1 saturated heterocycles. The summed E-state index contributed by atoms with van der Waals surface area (Å²) in [5, 5.41) is 1.05. The van der Waals surface area contributed by atoms with Crippen LogP contribution in [0.1, 0.15) is 12.0 Å². The van der Waals surface area contributed by atoms with Crippen molar-refractivity contribution in [3.8, 4) is 0 Å².